The second-order valence-corrected chi connectivity index (χ2v) is 14.5. The predicted molar refractivity (Wildman–Crippen MR) is 93.4 cm³/mol. The molecule has 3 saturated carbocycles. The number of Topliss-reactive ketones (excluding diaryl/α,β-unsaturated/α-hetero) is 1. The van der Waals surface area contributed by atoms with Crippen LogP contribution in [0.4, 0.5) is 0 Å². The fourth-order valence-electron chi connectivity index (χ4n) is 6.66. The minimum Gasteiger partial charge on any atom is -0.413 e. The van der Waals surface area contributed by atoms with Crippen LogP contribution in [0.1, 0.15) is 73.6 Å². The van der Waals surface area contributed by atoms with Gasteiger partial charge in [-0.25, -0.2) is 0 Å². The second-order valence-electron chi connectivity index (χ2n) is 9.07. The van der Waals surface area contributed by atoms with Crippen molar-refractivity contribution in [1.29, 1.82) is 0 Å². The lowest BCUT2D eigenvalue weighted by Gasteiger charge is -2.46. The Kier molecular flexibility index (Phi) is 4.13. The van der Waals surface area contributed by atoms with Gasteiger partial charge in [-0.1, -0.05) is 48.0 Å². The Morgan fingerprint density at radius 2 is 1.68 bits per heavy atom. The summed E-state index contributed by atoms with van der Waals surface area (Å²) in [6.07, 6.45) is 6.00. The molecule has 3 fully saturated rings. The van der Waals surface area contributed by atoms with Gasteiger partial charge in [0.1, 0.15) is 5.78 Å². The van der Waals surface area contributed by atoms with E-state index >= 15 is 0 Å². The molecule has 0 aliphatic heterocycles. The third-order valence-corrected chi connectivity index (χ3v) is 13.6. The molecular formula is C19H34O2Si. The molecule has 22 heavy (non-hydrogen) atoms. The molecule has 3 aliphatic rings. The summed E-state index contributed by atoms with van der Waals surface area (Å²) in [7, 11) is -1.82. The summed E-state index contributed by atoms with van der Waals surface area (Å²) in [5.74, 6) is 1.76. The zero-order valence-corrected chi connectivity index (χ0v) is 16.3. The number of hydrogen-bond donors (Lipinski definition) is 0. The van der Waals surface area contributed by atoms with Crippen LogP contribution in [0.2, 0.25) is 16.6 Å². The normalized spacial score (nSPS) is 37.9. The quantitative estimate of drug-likeness (QED) is 0.640. The fourth-order valence-corrected chi connectivity index (χ4v) is 12.3. The fraction of sp³-hybridized carbons (Fsp3) is 0.947. The summed E-state index contributed by atoms with van der Waals surface area (Å²) in [6, 6.07) is 0. The molecule has 0 heterocycles. The van der Waals surface area contributed by atoms with E-state index in [1.54, 1.807) is 0 Å². The third-order valence-electron chi connectivity index (χ3n) is 7.47. The molecule has 0 saturated heterocycles. The van der Waals surface area contributed by atoms with Crippen LogP contribution in [0.5, 0.6) is 0 Å². The highest BCUT2D eigenvalue weighted by Gasteiger charge is 2.68. The van der Waals surface area contributed by atoms with Crippen molar-refractivity contribution in [2.75, 3.05) is 0 Å². The first-order chi connectivity index (χ1) is 10.3. The lowest BCUT2D eigenvalue weighted by molar-refractivity contribution is -0.145. The highest BCUT2D eigenvalue weighted by molar-refractivity contribution is 6.77. The molecule has 3 aliphatic carbocycles. The average molecular weight is 323 g/mol. The summed E-state index contributed by atoms with van der Waals surface area (Å²) in [5, 5.41) is 0. The Labute approximate surface area is 137 Å². The Hall–Kier alpha value is -0.153. The molecule has 0 aromatic heterocycles. The van der Waals surface area contributed by atoms with Gasteiger partial charge in [0.25, 0.3) is 0 Å². The lowest BCUT2D eigenvalue weighted by Crippen LogP contribution is -2.52. The van der Waals surface area contributed by atoms with Crippen LogP contribution >= 0.6 is 0 Å². The summed E-state index contributed by atoms with van der Waals surface area (Å²) < 4.78 is 7.11. The van der Waals surface area contributed by atoms with Crippen molar-refractivity contribution < 1.29 is 9.22 Å². The van der Waals surface area contributed by atoms with Crippen molar-refractivity contribution in [2.24, 2.45) is 17.3 Å². The monoisotopic (exact) mass is 322 g/mol. The molecule has 3 rings (SSSR count). The molecule has 0 radical (unpaired) electrons. The largest absolute Gasteiger partial charge is 0.413 e. The smallest absolute Gasteiger partial charge is 0.200 e. The zero-order valence-electron chi connectivity index (χ0n) is 15.3. The second kappa shape index (κ2) is 5.44. The van der Waals surface area contributed by atoms with Gasteiger partial charge in [0.15, 0.2) is 0 Å². The molecular weight excluding hydrogens is 288 g/mol. The molecule has 0 N–H and O–H groups in total. The van der Waals surface area contributed by atoms with Crippen LogP contribution < -0.4 is 0 Å². The molecule has 0 aromatic rings. The Morgan fingerprint density at radius 1 is 1.09 bits per heavy atom. The van der Waals surface area contributed by atoms with E-state index in [1.165, 1.54) is 12.8 Å². The third kappa shape index (κ3) is 1.97. The van der Waals surface area contributed by atoms with Gasteiger partial charge in [-0.15, -0.1) is 0 Å². The number of carbonyl (C=O) groups is 1. The van der Waals surface area contributed by atoms with Gasteiger partial charge in [-0.05, 0) is 47.7 Å². The van der Waals surface area contributed by atoms with Gasteiger partial charge >= 0.3 is 0 Å². The van der Waals surface area contributed by atoms with E-state index in [2.05, 4.69) is 41.5 Å². The molecule has 0 aromatic carbocycles. The van der Waals surface area contributed by atoms with Crippen molar-refractivity contribution in [1.82, 2.24) is 0 Å². The molecule has 0 amide bonds. The lowest BCUT2D eigenvalue weighted by atomic mass is 9.58. The first kappa shape index (κ1) is 16.7. The van der Waals surface area contributed by atoms with Crippen molar-refractivity contribution in [3.05, 3.63) is 0 Å². The van der Waals surface area contributed by atoms with Crippen LogP contribution in [0.15, 0.2) is 0 Å². The van der Waals surface area contributed by atoms with Crippen LogP contribution in [-0.2, 0) is 9.22 Å². The van der Waals surface area contributed by atoms with Crippen LogP contribution in [0, 0.1) is 17.3 Å². The first-order valence-corrected chi connectivity index (χ1v) is 11.6. The Morgan fingerprint density at radius 3 is 2.18 bits per heavy atom. The van der Waals surface area contributed by atoms with E-state index < -0.39 is 8.32 Å². The standard InChI is InChI=1S/C19H34O2Si/c1-12(2)22(13(3)4,14(5)6)21-17-10-15-11-18(20)19(15)9-7-8-16(17)19/h12-17H,7-11H2,1-6H3/t15-,16+,17-,19+/m1/s1. The first-order valence-electron chi connectivity index (χ1n) is 9.47. The molecule has 1 spiro atoms. The summed E-state index contributed by atoms with van der Waals surface area (Å²) in [6.45, 7) is 14.2. The number of carbonyl (C=O) groups excluding carboxylic acids is 1. The Bertz CT molecular complexity index is 435. The van der Waals surface area contributed by atoms with Gasteiger partial charge in [-0.3, -0.25) is 4.79 Å². The zero-order chi connectivity index (χ0) is 16.3. The predicted octanol–water partition coefficient (Wildman–Crippen LogP) is 5.33. The SMILES string of the molecule is CC(C)[Si](O[C@@H]1C[C@@H]2CC(=O)[C@@]23CCC[C@@H]13)(C(C)C)C(C)C. The minimum absolute atomic E-state index is 0.0652. The molecule has 2 nitrogen and oxygen atoms in total. The number of rotatable bonds is 5. The van der Waals surface area contributed by atoms with Crippen molar-refractivity contribution in [3.63, 3.8) is 0 Å². The summed E-state index contributed by atoms with van der Waals surface area (Å²) >= 11 is 0. The van der Waals surface area contributed by atoms with E-state index in [1.807, 2.05) is 0 Å². The number of hydrogen-bond acceptors (Lipinski definition) is 2. The van der Waals surface area contributed by atoms with Crippen LogP contribution in [-0.4, -0.2) is 20.2 Å². The topological polar surface area (TPSA) is 26.3 Å². The van der Waals surface area contributed by atoms with Crippen LogP contribution in [0.3, 0.4) is 0 Å². The van der Waals surface area contributed by atoms with Gasteiger partial charge in [-0.2, -0.15) is 0 Å². The van der Waals surface area contributed by atoms with E-state index in [0.29, 0.717) is 40.3 Å². The van der Waals surface area contributed by atoms with Gasteiger partial charge in [0.2, 0.25) is 8.32 Å². The van der Waals surface area contributed by atoms with Gasteiger partial charge < -0.3 is 4.43 Å². The highest BCUT2D eigenvalue weighted by Crippen LogP contribution is 2.66. The van der Waals surface area contributed by atoms with Crippen molar-refractivity contribution in [3.8, 4) is 0 Å². The van der Waals surface area contributed by atoms with Gasteiger partial charge in [0.05, 0.1) is 0 Å². The summed E-state index contributed by atoms with van der Waals surface area (Å²) in [5.41, 5.74) is 1.98. The molecule has 3 heteroatoms. The molecule has 0 unspecified atom stereocenters. The Balaban J connectivity index is 1.87. The minimum atomic E-state index is -1.82. The van der Waals surface area contributed by atoms with E-state index in [4.69, 9.17) is 4.43 Å². The van der Waals surface area contributed by atoms with E-state index in [0.717, 1.165) is 19.3 Å². The maximum absolute atomic E-state index is 12.4. The number of ketones is 1. The average Bonchev–Trinajstić information content (AvgIpc) is 2.95. The van der Waals surface area contributed by atoms with Crippen LogP contribution in [0.25, 0.3) is 0 Å². The summed E-state index contributed by atoms with van der Waals surface area (Å²) in [4.78, 5) is 12.4. The van der Waals surface area contributed by atoms with Gasteiger partial charge in [0, 0.05) is 17.9 Å². The molecule has 4 atom stereocenters. The van der Waals surface area contributed by atoms with E-state index in [-0.39, 0.29) is 5.41 Å². The van der Waals surface area contributed by atoms with Crippen molar-refractivity contribution in [2.45, 2.75) is 96.4 Å². The highest BCUT2D eigenvalue weighted by atomic mass is 28.4. The molecule has 126 valence electrons. The maximum Gasteiger partial charge on any atom is 0.200 e. The van der Waals surface area contributed by atoms with E-state index in [9.17, 15) is 4.79 Å². The molecule has 0 bridgehead atoms. The van der Waals surface area contributed by atoms with Crippen molar-refractivity contribution >= 4 is 14.1 Å². The maximum atomic E-state index is 12.4.